The Balaban J connectivity index is 2.26. The van der Waals surface area contributed by atoms with Gasteiger partial charge in [0, 0.05) is 17.3 Å². The number of carboxylic acids is 1. The van der Waals surface area contributed by atoms with Crippen LogP contribution in [0.3, 0.4) is 0 Å². The van der Waals surface area contributed by atoms with E-state index in [1.165, 1.54) is 24.4 Å². The average Bonchev–Trinajstić information content (AvgIpc) is 2.40. The van der Waals surface area contributed by atoms with Crippen molar-refractivity contribution in [1.82, 2.24) is 4.98 Å². The van der Waals surface area contributed by atoms with Crippen LogP contribution in [-0.4, -0.2) is 22.4 Å². The lowest BCUT2D eigenvalue weighted by atomic mass is 10.0. The van der Waals surface area contributed by atoms with Gasteiger partial charge in [-0.15, -0.1) is 13.2 Å². The van der Waals surface area contributed by atoms with E-state index in [2.05, 4.69) is 9.72 Å². The SMILES string of the molecule is O=C(O)Cc1cc(-c2ccc(OC(F)(F)F)cc2)cnc1Cl. The first kappa shape index (κ1) is 16.1. The summed E-state index contributed by atoms with van der Waals surface area (Å²) < 4.78 is 40.0. The highest BCUT2D eigenvalue weighted by Gasteiger charge is 2.30. The number of rotatable bonds is 4. The van der Waals surface area contributed by atoms with Gasteiger partial charge in [0.15, 0.2) is 0 Å². The lowest BCUT2D eigenvalue weighted by Crippen LogP contribution is -2.16. The van der Waals surface area contributed by atoms with Crippen LogP contribution >= 0.6 is 11.6 Å². The van der Waals surface area contributed by atoms with Gasteiger partial charge in [0.2, 0.25) is 0 Å². The van der Waals surface area contributed by atoms with Crippen molar-refractivity contribution >= 4 is 17.6 Å². The first-order valence-electron chi connectivity index (χ1n) is 5.97. The number of carboxylic acid groups (broad SMARTS) is 1. The summed E-state index contributed by atoms with van der Waals surface area (Å²) in [7, 11) is 0. The van der Waals surface area contributed by atoms with E-state index in [0.717, 1.165) is 12.1 Å². The van der Waals surface area contributed by atoms with Crippen LogP contribution in [0.1, 0.15) is 5.56 Å². The first-order valence-corrected chi connectivity index (χ1v) is 6.35. The van der Waals surface area contributed by atoms with Crippen molar-refractivity contribution in [3.63, 3.8) is 0 Å². The Labute approximate surface area is 128 Å². The van der Waals surface area contributed by atoms with Crippen LogP contribution in [0.25, 0.3) is 11.1 Å². The zero-order chi connectivity index (χ0) is 16.3. The molecule has 0 radical (unpaired) electrons. The molecule has 0 amide bonds. The van der Waals surface area contributed by atoms with E-state index in [4.69, 9.17) is 16.7 Å². The van der Waals surface area contributed by atoms with Crippen LogP contribution in [0.4, 0.5) is 13.2 Å². The molecule has 1 heterocycles. The number of benzene rings is 1. The van der Waals surface area contributed by atoms with Crippen molar-refractivity contribution in [2.24, 2.45) is 0 Å². The van der Waals surface area contributed by atoms with Crippen LogP contribution in [0.2, 0.25) is 5.15 Å². The molecular formula is C14H9ClF3NO3. The van der Waals surface area contributed by atoms with Gasteiger partial charge in [-0.05, 0) is 23.8 Å². The monoisotopic (exact) mass is 331 g/mol. The Morgan fingerprint density at radius 1 is 1.23 bits per heavy atom. The molecule has 1 aromatic heterocycles. The third-order valence-corrected chi connectivity index (χ3v) is 3.01. The van der Waals surface area contributed by atoms with Gasteiger partial charge >= 0.3 is 12.3 Å². The van der Waals surface area contributed by atoms with Gasteiger partial charge in [-0.3, -0.25) is 4.79 Å². The number of nitrogens with zero attached hydrogens (tertiary/aromatic N) is 1. The van der Waals surface area contributed by atoms with Gasteiger partial charge in [-0.25, -0.2) is 4.98 Å². The highest BCUT2D eigenvalue weighted by molar-refractivity contribution is 6.30. The Morgan fingerprint density at radius 2 is 1.86 bits per heavy atom. The Hall–Kier alpha value is -2.28. The summed E-state index contributed by atoms with van der Waals surface area (Å²) in [6.45, 7) is 0. The molecule has 116 valence electrons. The second-order valence-electron chi connectivity index (χ2n) is 4.32. The highest BCUT2D eigenvalue weighted by atomic mass is 35.5. The molecule has 0 spiro atoms. The topological polar surface area (TPSA) is 59.4 Å². The molecule has 0 fully saturated rings. The van der Waals surface area contributed by atoms with E-state index in [1.54, 1.807) is 0 Å². The van der Waals surface area contributed by atoms with Gasteiger partial charge in [-0.2, -0.15) is 0 Å². The van der Waals surface area contributed by atoms with Crippen LogP contribution in [0.15, 0.2) is 36.5 Å². The minimum atomic E-state index is -4.75. The molecule has 0 aliphatic rings. The third-order valence-electron chi connectivity index (χ3n) is 2.67. The summed E-state index contributed by atoms with van der Waals surface area (Å²) >= 11 is 5.81. The summed E-state index contributed by atoms with van der Waals surface area (Å²) in [5, 5.41) is 8.86. The van der Waals surface area contributed by atoms with Crippen molar-refractivity contribution in [2.75, 3.05) is 0 Å². The van der Waals surface area contributed by atoms with E-state index in [0.29, 0.717) is 16.7 Å². The minimum absolute atomic E-state index is 0.0724. The van der Waals surface area contributed by atoms with Crippen molar-refractivity contribution < 1.29 is 27.8 Å². The molecule has 0 aliphatic heterocycles. The van der Waals surface area contributed by atoms with Gasteiger partial charge in [-0.1, -0.05) is 23.7 Å². The number of hydrogen-bond acceptors (Lipinski definition) is 3. The van der Waals surface area contributed by atoms with Gasteiger partial charge in [0.05, 0.1) is 6.42 Å². The lowest BCUT2D eigenvalue weighted by molar-refractivity contribution is -0.274. The molecule has 0 saturated heterocycles. The Morgan fingerprint density at radius 3 is 2.41 bits per heavy atom. The fourth-order valence-corrected chi connectivity index (χ4v) is 1.96. The highest BCUT2D eigenvalue weighted by Crippen LogP contribution is 2.28. The summed E-state index contributed by atoms with van der Waals surface area (Å²) in [6.07, 6.45) is -3.64. The number of ether oxygens (including phenoxy) is 1. The second kappa shape index (κ2) is 6.23. The van der Waals surface area contributed by atoms with E-state index in [-0.39, 0.29) is 17.3 Å². The number of aliphatic carboxylic acids is 1. The van der Waals surface area contributed by atoms with Crippen LogP contribution < -0.4 is 4.74 Å². The molecule has 22 heavy (non-hydrogen) atoms. The first-order chi connectivity index (χ1) is 10.2. The fraction of sp³-hybridized carbons (Fsp3) is 0.143. The molecule has 0 atom stereocenters. The lowest BCUT2D eigenvalue weighted by Gasteiger charge is -2.10. The number of pyridine rings is 1. The van der Waals surface area contributed by atoms with E-state index in [1.807, 2.05) is 0 Å². The number of aromatic nitrogens is 1. The van der Waals surface area contributed by atoms with Crippen molar-refractivity contribution in [2.45, 2.75) is 12.8 Å². The largest absolute Gasteiger partial charge is 0.573 e. The zero-order valence-corrected chi connectivity index (χ0v) is 11.6. The van der Waals surface area contributed by atoms with Gasteiger partial charge in [0.1, 0.15) is 10.9 Å². The quantitative estimate of drug-likeness (QED) is 0.862. The number of alkyl halides is 3. The average molecular weight is 332 g/mol. The van der Waals surface area contributed by atoms with Crippen molar-refractivity contribution in [1.29, 1.82) is 0 Å². The van der Waals surface area contributed by atoms with Crippen LogP contribution in [0, 0.1) is 0 Å². The number of halogens is 4. The minimum Gasteiger partial charge on any atom is -0.481 e. The molecular weight excluding hydrogens is 323 g/mol. The number of hydrogen-bond donors (Lipinski definition) is 1. The molecule has 4 nitrogen and oxygen atoms in total. The van der Waals surface area contributed by atoms with E-state index < -0.39 is 12.3 Å². The summed E-state index contributed by atoms with van der Waals surface area (Å²) in [4.78, 5) is 14.6. The van der Waals surface area contributed by atoms with Crippen molar-refractivity contribution in [3.05, 3.63) is 47.2 Å². The molecule has 2 rings (SSSR count). The predicted molar refractivity (Wildman–Crippen MR) is 72.7 cm³/mol. The summed E-state index contributed by atoms with van der Waals surface area (Å²) in [5.74, 6) is -1.40. The fourth-order valence-electron chi connectivity index (χ4n) is 1.79. The molecule has 0 aliphatic carbocycles. The maximum Gasteiger partial charge on any atom is 0.573 e. The maximum atomic E-state index is 12.1. The van der Waals surface area contributed by atoms with Gasteiger partial charge < -0.3 is 9.84 Å². The van der Waals surface area contributed by atoms with Crippen LogP contribution in [0.5, 0.6) is 5.75 Å². The predicted octanol–water partition coefficient (Wildman–Crippen LogP) is 3.93. The molecule has 0 bridgehead atoms. The van der Waals surface area contributed by atoms with Crippen LogP contribution in [-0.2, 0) is 11.2 Å². The summed E-state index contributed by atoms with van der Waals surface area (Å²) in [6, 6.07) is 6.68. The number of carbonyl (C=O) groups is 1. The molecule has 0 unspecified atom stereocenters. The third kappa shape index (κ3) is 4.36. The molecule has 1 N–H and O–H groups in total. The molecule has 8 heteroatoms. The Kier molecular flexibility index (Phi) is 4.56. The van der Waals surface area contributed by atoms with E-state index >= 15 is 0 Å². The Bertz CT molecular complexity index is 687. The maximum absolute atomic E-state index is 12.1. The molecule has 0 saturated carbocycles. The smallest absolute Gasteiger partial charge is 0.481 e. The molecule has 1 aromatic carbocycles. The van der Waals surface area contributed by atoms with E-state index in [9.17, 15) is 18.0 Å². The summed E-state index contributed by atoms with van der Waals surface area (Å²) in [5.41, 5.74) is 1.42. The second-order valence-corrected chi connectivity index (χ2v) is 4.67. The normalized spacial score (nSPS) is 11.3. The molecule has 2 aromatic rings. The standard InChI is InChI=1S/C14H9ClF3NO3/c15-13-9(6-12(20)21)5-10(7-19-13)8-1-3-11(4-2-8)22-14(16,17)18/h1-5,7H,6H2,(H,20,21). The van der Waals surface area contributed by atoms with Crippen molar-refractivity contribution in [3.8, 4) is 16.9 Å². The van der Waals surface area contributed by atoms with Gasteiger partial charge in [0.25, 0.3) is 0 Å². The zero-order valence-electron chi connectivity index (χ0n) is 10.9.